The number of esters is 1. The van der Waals surface area contributed by atoms with Gasteiger partial charge >= 0.3 is 5.97 Å². The minimum atomic E-state index is -0.513. The van der Waals surface area contributed by atoms with Gasteiger partial charge in [-0.2, -0.15) is 0 Å². The van der Waals surface area contributed by atoms with E-state index in [1.807, 2.05) is 39.8 Å². The second kappa shape index (κ2) is 5.21. The van der Waals surface area contributed by atoms with Crippen molar-refractivity contribution in [2.24, 2.45) is 5.41 Å². The van der Waals surface area contributed by atoms with E-state index in [-0.39, 0.29) is 12.1 Å². The molecule has 1 aromatic rings. The average Bonchev–Trinajstić information content (AvgIpc) is 2.62. The Morgan fingerprint density at radius 1 is 1.53 bits per heavy atom. The highest BCUT2D eigenvalue weighted by Gasteiger charge is 2.27. The van der Waals surface area contributed by atoms with Crippen LogP contribution in [0.2, 0.25) is 0 Å². The third-order valence-corrected chi connectivity index (χ3v) is 2.32. The van der Waals surface area contributed by atoms with Gasteiger partial charge in [-0.1, -0.05) is 6.08 Å². The quantitative estimate of drug-likeness (QED) is 0.589. The van der Waals surface area contributed by atoms with E-state index in [4.69, 9.17) is 9.15 Å². The molecule has 1 unspecified atom stereocenters. The summed E-state index contributed by atoms with van der Waals surface area (Å²) in [6, 6.07) is 3.69. The number of hydrogen-bond acceptors (Lipinski definition) is 3. The van der Waals surface area contributed by atoms with Crippen LogP contribution >= 0.6 is 0 Å². The van der Waals surface area contributed by atoms with Gasteiger partial charge < -0.3 is 9.15 Å². The summed E-state index contributed by atoms with van der Waals surface area (Å²) in [5, 5.41) is 0. The van der Waals surface area contributed by atoms with Crippen molar-refractivity contribution in [3.63, 3.8) is 0 Å². The first kappa shape index (κ1) is 13.6. The summed E-state index contributed by atoms with van der Waals surface area (Å²) >= 11 is 0. The molecule has 0 aliphatic carbocycles. The van der Waals surface area contributed by atoms with Gasteiger partial charge in [-0.05, 0) is 39.8 Å². The fourth-order valence-corrected chi connectivity index (χ4v) is 1.31. The summed E-state index contributed by atoms with van der Waals surface area (Å²) in [7, 11) is 0. The minimum Gasteiger partial charge on any atom is -0.462 e. The Hall–Kier alpha value is -1.51. The summed E-state index contributed by atoms with van der Waals surface area (Å²) < 4.78 is 10.9. The zero-order valence-corrected chi connectivity index (χ0v) is 10.9. The van der Waals surface area contributed by atoms with E-state index in [0.29, 0.717) is 12.2 Å². The van der Waals surface area contributed by atoms with E-state index in [1.165, 1.54) is 0 Å². The number of rotatable bonds is 4. The lowest BCUT2D eigenvalue weighted by Crippen LogP contribution is -2.24. The number of ether oxygens (including phenoxy) is 1. The van der Waals surface area contributed by atoms with Crippen molar-refractivity contribution in [2.75, 3.05) is 0 Å². The van der Waals surface area contributed by atoms with Gasteiger partial charge in [-0.3, -0.25) is 4.79 Å². The van der Waals surface area contributed by atoms with Gasteiger partial charge in [0.25, 0.3) is 0 Å². The van der Waals surface area contributed by atoms with Gasteiger partial charge in [-0.15, -0.1) is 6.58 Å². The topological polar surface area (TPSA) is 39.4 Å². The molecule has 17 heavy (non-hydrogen) atoms. The van der Waals surface area contributed by atoms with Crippen molar-refractivity contribution in [3.05, 3.63) is 36.3 Å². The van der Waals surface area contributed by atoms with Crippen LogP contribution in [0.4, 0.5) is 0 Å². The first-order valence-electron chi connectivity index (χ1n) is 5.73. The Morgan fingerprint density at radius 2 is 2.18 bits per heavy atom. The van der Waals surface area contributed by atoms with Crippen LogP contribution in [0.15, 0.2) is 29.2 Å². The van der Waals surface area contributed by atoms with Gasteiger partial charge in [0.2, 0.25) is 0 Å². The number of carbonyl (C=O) groups is 1. The fourth-order valence-electron chi connectivity index (χ4n) is 1.31. The molecule has 1 rings (SSSR count). The SMILES string of the molecule is C=CCC(OC(=O)C(C)(C)C)c1ccc(C)o1. The lowest BCUT2D eigenvalue weighted by molar-refractivity contribution is -0.159. The second-order valence-corrected chi connectivity index (χ2v) is 5.12. The molecule has 1 aromatic heterocycles. The van der Waals surface area contributed by atoms with Crippen LogP contribution < -0.4 is 0 Å². The maximum absolute atomic E-state index is 11.8. The van der Waals surface area contributed by atoms with Crippen LogP contribution in [-0.2, 0) is 9.53 Å². The zero-order valence-electron chi connectivity index (χ0n) is 10.9. The molecule has 0 fully saturated rings. The van der Waals surface area contributed by atoms with Crippen molar-refractivity contribution in [3.8, 4) is 0 Å². The normalized spacial score (nSPS) is 13.2. The average molecular weight is 236 g/mol. The third kappa shape index (κ3) is 3.77. The van der Waals surface area contributed by atoms with E-state index < -0.39 is 5.41 Å². The monoisotopic (exact) mass is 236 g/mol. The second-order valence-electron chi connectivity index (χ2n) is 5.12. The molecule has 0 radical (unpaired) electrons. The van der Waals surface area contributed by atoms with E-state index in [9.17, 15) is 4.79 Å². The molecule has 0 bridgehead atoms. The summed E-state index contributed by atoms with van der Waals surface area (Å²) in [6.45, 7) is 11.0. The van der Waals surface area contributed by atoms with Crippen molar-refractivity contribution >= 4 is 5.97 Å². The summed E-state index contributed by atoms with van der Waals surface area (Å²) in [6.07, 6.45) is 1.89. The summed E-state index contributed by atoms with van der Waals surface area (Å²) in [5.74, 6) is 1.24. The Kier molecular flexibility index (Phi) is 4.16. The molecule has 0 amide bonds. The molecule has 94 valence electrons. The highest BCUT2D eigenvalue weighted by atomic mass is 16.6. The van der Waals surface area contributed by atoms with Crippen molar-refractivity contribution in [1.82, 2.24) is 0 Å². The Morgan fingerprint density at radius 3 is 2.59 bits per heavy atom. The predicted octanol–water partition coefficient (Wildman–Crippen LogP) is 3.79. The Labute approximate surface area is 102 Å². The molecule has 3 nitrogen and oxygen atoms in total. The number of carbonyl (C=O) groups excluding carboxylic acids is 1. The number of hydrogen-bond donors (Lipinski definition) is 0. The molecular weight excluding hydrogens is 216 g/mol. The molecule has 0 saturated carbocycles. The van der Waals surface area contributed by atoms with Crippen molar-refractivity contribution in [1.29, 1.82) is 0 Å². The van der Waals surface area contributed by atoms with Gasteiger partial charge in [0.1, 0.15) is 11.5 Å². The maximum Gasteiger partial charge on any atom is 0.311 e. The van der Waals surface area contributed by atoms with E-state index >= 15 is 0 Å². The highest BCUT2D eigenvalue weighted by Crippen LogP contribution is 2.27. The molecule has 0 aliphatic heterocycles. The molecule has 0 spiro atoms. The van der Waals surface area contributed by atoms with Crippen LogP contribution in [0, 0.1) is 12.3 Å². The molecule has 0 saturated heterocycles. The Bertz CT molecular complexity index is 396. The smallest absolute Gasteiger partial charge is 0.311 e. The molecule has 1 atom stereocenters. The highest BCUT2D eigenvalue weighted by molar-refractivity contribution is 5.75. The van der Waals surface area contributed by atoms with Gasteiger partial charge in [0.05, 0.1) is 5.41 Å². The third-order valence-electron chi connectivity index (χ3n) is 2.32. The lowest BCUT2D eigenvalue weighted by atomic mass is 9.97. The van der Waals surface area contributed by atoms with Gasteiger partial charge in [-0.25, -0.2) is 0 Å². The number of furan rings is 1. The van der Waals surface area contributed by atoms with Crippen LogP contribution in [0.25, 0.3) is 0 Å². The zero-order chi connectivity index (χ0) is 13.1. The number of aryl methyl sites for hydroxylation is 1. The first-order chi connectivity index (χ1) is 7.84. The van der Waals surface area contributed by atoms with E-state index in [1.54, 1.807) is 6.08 Å². The fraction of sp³-hybridized carbons (Fsp3) is 0.500. The van der Waals surface area contributed by atoms with Crippen molar-refractivity contribution in [2.45, 2.75) is 40.2 Å². The van der Waals surface area contributed by atoms with E-state index in [2.05, 4.69) is 6.58 Å². The summed E-state index contributed by atoms with van der Waals surface area (Å²) in [4.78, 5) is 11.8. The van der Waals surface area contributed by atoms with Crippen LogP contribution in [-0.4, -0.2) is 5.97 Å². The van der Waals surface area contributed by atoms with Crippen LogP contribution in [0.1, 0.15) is 44.8 Å². The minimum absolute atomic E-state index is 0.238. The van der Waals surface area contributed by atoms with Crippen LogP contribution in [0.5, 0.6) is 0 Å². The largest absolute Gasteiger partial charge is 0.462 e. The standard InChI is InChI=1S/C14H20O3/c1-6-7-11(12-9-8-10(2)16-12)17-13(15)14(3,4)5/h6,8-9,11H,1,7H2,2-5H3. The molecular formula is C14H20O3. The molecule has 3 heteroatoms. The predicted molar refractivity (Wildman–Crippen MR) is 66.5 cm³/mol. The van der Waals surface area contributed by atoms with E-state index in [0.717, 1.165) is 5.76 Å². The van der Waals surface area contributed by atoms with Gasteiger partial charge in [0.15, 0.2) is 6.10 Å². The molecule has 0 aromatic carbocycles. The van der Waals surface area contributed by atoms with Crippen LogP contribution in [0.3, 0.4) is 0 Å². The lowest BCUT2D eigenvalue weighted by Gasteiger charge is -2.21. The summed E-state index contributed by atoms with van der Waals surface area (Å²) in [5.41, 5.74) is -0.513. The Balaban J connectivity index is 2.80. The maximum atomic E-state index is 11.8. The molecule has 0 N–H and O–H groups in total. The van der Waals surface area contributed by atoms with Gasteiger partial charge in [0, 0.05) is 6.42 Å². The molecule has 0 aliphatic rings. The molecule has 1 heterocycles. The van der Waals surface area contributed by atoms with Crippen molar-refractivity contribution < 1.29 is 13.9 Å². The first-order valence-corrected chi connectivity index (χ1v) is 5.73.